The Labute approximate surface area is 127 Å². The van der Waals surface area contributed by atoms with E-state index in [-0.39, 0.29) is 12.8 Å². The van der Waals surface area contributed by atoms with Gasteiger partial charge in [-0.1, -0.05) is 0 Å². The van der Waals surface area contributed by atoms with Crippen molar-refractivity contribution in [3.05, 3.63) is 0 Å². The molecule has 0 saturated heterocycles. The molecule has 108 valence electrons. The van der Waals surface area contributed by atoms with E-state index in [2.05, 4.69) is 10.2 Å². The molecule has 0 aliphatic heterocycles. The highest BCUT2D eigenvalue weighted by Crippen LogP contribution is 2.10. The Hall–Kier alpha value is -1.50. The lowest BCUT2D eigenvalue weighted by Crippen LogP contribution is -2.05. The second-order valence-electron chi connectivity index (χ2n) is 4.02. The third-order valence-corrected chi connectivity index (χ3v) is 2.72. The monoisotopic (exact) mass is 316 g/mol. The second kappa shape index (κ2) is 11.3. The van der Waals surface area contributed by atoms with Crippen LogP contribution < -0.4 is 0 Å². The van der Waals surface area contributed by atoms with Crippen molar-refractivity contribution < 1.29 is 9.59 Å². The Bertz CT molecular complexity index is 400. The van der Waals surface area contributed by atoms with Crippen molar-refractivity contribution in [1.29, 1.82) is 10.5 Å². The van der Waals surface area contributed by atoms with Crippen molar-refractivity contribution in [1.82, 2.24) is 0 Å². The molecule has 0 aromatic heterocycles. The molecule has 0 aromatic rings. The first kappa shape index (κ1) is 18.5. The van der Waals surface area contributed by atoms with E-state index in [1.54, 1.807) is 0 Å². The number of hydrogen-bond donors (Lipinski definition) is 0. The number of hydrogen-bond acceptors (Lipinski definition) is 6. The molecule has 6 nitrogen and oxygen atoms in total. The van der Waals surface area contributed by atoms with E-state index < -0.39 is 22.6 Å². The molecule has 0 rings (SSSR count). The molecule has 0 spiro atoms. The Morgan fingerprint density at radius 3 is 1.50 bits per heavy atom. The third kappa shape index (κ3) is 10.4. The summed E-state index contributed by atoms with van der Waals surface area (Å²) in [5, 5.41) is 24.4. The first-order valence-electron chi connectivity index (χ1n) is 6.05. The molecule has 0 aliphatic rings. The second-order valence-corrected chi connectivity index (χ2v) is 4.86. The Morgan fingerprint density at radius 2 is 1.25 bits per heavy atom. The Balaban J connectivity index is 4.18. The van der Waals surface area contributed by atoms with E-state index in [0.29, 0.717) is 25.7 Å². The summed E-state index contributed by atoms with van der Waals surface area (Å²) in [6, 6.07) is 2.46. The minimum Gasteiger partial charge on any atom is -0.281 e. The SMILES string of the molecule is N#CC(CCCC(=O)Cl)N=NC(C#N)CCCC(=O)Cl. The summed E-state index contributed by atoms with van der Waals surface area (Å²) in [6.45, 7) is 0. The molecule has 0 fully saturated rings. The average molecular weight is 317 g/mol. The molecule has 0 saturated carbocycles. The Morgan fingerprint density at radius 1 is 0.900 bits per heavy atom. The minimum atomic E-state index is -0.698. The molecule has 2 unspecified atom stereocenters. The summed E-state index contributed by atoms with van der Waals surface area (Å²) in [6.07, 6.45) is 1.95. The van der Waals surface area contributed by atoms with Gasteiger partial charge in [0.05, 0.1) is 12.1 Å². The quantitative estimate of drug-likeness (QED) is 0.455. The van der Waals surface area contributed by atoms with Crippen LogP contribution in [0.25, 0.3) is 0 Å². The number of azo groups is 1. The number of rotatable bonds is 10. The fraction of sp³-hybridized carbons (Fsp3) is 0.667. The lowest BCUT2D eigenvalue weighted by atomic mass is 10.1. The van der Waals surface area contributed by atoms with Crippen LogP contribution in [0.2, 0.25) is 0 Å². The summed E-state index contributed by atoms with van der Waals surface area (Å²) >= 11 is 10.4. The molecule has 20 heavy (non-hydrogen) atoms. The maximum absolute atomic E-state index is 10.5. The van der Waals surface area contributed by atoms with Crippen LogP contribution in [0.15, 0.2) is 10.2 Å². The van der Waals surface area contributed by atoms with Crippen LogP contribution in [0.4, 0.5) is 0 Å². The smallest absolute Gasteiger partial charge is 0.221 e. The fourth-order valence-electron chi connectivity index (χ4n) is 1.33. The number of nitriles is 2. The molecular weight excluding hydrogens is 303 g/mol. The molecule has 0 aliphatic carbocycles. The predicted octanol–water partition coefficient (Wildman–Crippen LogP) is 3.09. The van der Waals surface area contributed by atoms with Crippen molar-refractivity contribution in [3.8, 4) is 12.1 Å². The summed E-state index contributed by atoms with van der Waals surface area (Å²) in [7, 11) is 0. The summed E-state index contributed by atoms with van der Waals surface area (Å²) < 4.78 is 0. The maximum atomic E-state index is 10.5. The van der Waals surface area contributed by atoms with Gasteiger partial charge in [0.1, 0.15) is 0 Å². The molecule has 0 N–H and O–H groups in total. The maximum Gasteiger partial charge on any atom is 0.221 e. The third-order valence-electron chi connectivity index (χ3n) is 2.35. The van der Waals surface area contributed by atoms with Gasteiger partial charge < -0.3 is 0 Å². The van der Waals surface area contributed by atoms with Gasteiger partial charge in [-0.05, 0) is 48.9 Å². The lowest BCUT2D eigenvalue weighted by molar-refractivity contribution is -0.112. The van der Waals surface area contributed by atoms with E-state index in [1.807, 2.05) is 12.1 Å². The van der Waals surface area contributed by atoms with Crippen molar-refractivity contribution in [3.63, 3.8) is 0 Å². The van der Waals surface area contributed by atoms with Gasteiger partial charge in [0.25, 0.3) is 0 Å². The van der Waals surface area contributed by atoms with Crippen LogP contribution in [-0.2, 0) is 9.59 Å². The van der Waals surface area contributed by atoms with E-state index in [0.717, 1.165) is 0 Å². The van der Waals surface area contributed by atoms with Crippen molar-refractivity contribution in [2.45, 2.75) is 50.6 Å². The van der Waals surface area contributed by atoms with Gasteiger partial charge in [-0.25, -0.2) is 0 Å². The lowest BCUT2D eigenvalue weighted by Gasteiger charge is -2.03. The van der Waals surface area contributed by atoms with E-state index >= 15 is 0 Å². The first-order chi connectivity index (χ1) is 9.49. The minimum absolute atomic E-state index is 0.175. The molecule has 0 amide bonds. The topological polar surface area (TPSA) is 106 Å². The van der Waals surface area contributed by atoms with E-state index in [4.69, 9.17) is 33.7 Å². The summed E-state index contributed by atoms with van der Waals surface area (Å²) in [5.41, 5.74) is 0. The summed E-state index contributed by atoms with van der Waals surface area (Å²) in [4.78, 5) is 21.1. The molecule has 0 aromatic carbocycles. The number of carbonyl (C=O) groups excluding carboxylic acids is 2. The standard InChI is InChI=1S/C12H14Cl2N4O2/c13-11(19)5-1-3-9(7-15)17-18-10(8-16)4-2-6-12(14)20/h9-10H,1-6H2. The molecule has 0 radical (unpaired) electrons. The zero-order valence-corrected chi connectivity index (χ0v) is 12.3. The highest BCUT2D eigenvalue weighted by Gasteiger charge is 2.10. The predicted molar refractivity (Wildman–Crippen MR) is 73.1 cm³/mol. The average Bonchev–Trinajstić information content (AvgIpc) is 2.39. The molecule has 8 heteroatoms. The number of nitrogens with zero attached hydrogens (tertiary/aromatic N) is 4. The molecular formula is C12H14Cl2N4O2. The van der Waals surface area contributed by atoms with E-state index in [1.165, 1.54) is 0 Å². The molecule has 2 atom stereocenters. The van der Waals surface area contributed by atoms with Crippen LogP contribution in [-0.4, -0.2) is 22.6 Å². The van der Waals surface area contributed by atoms with Gasteiger partial charge >= 0.3 is 0 Å². The van der Waals surface area contributed by atoms with Crippen molar-refractivity contribution in [2.24, 2.45) is 10.2 Å². The van der Waals surface area contributed by atoms with Gasteiger partial charge in [-0.15, -0.1) is 0 Å². The van der Waals surface area contributed by atoms with Crippen LogP contribution in [0.1, 0.15) is 38.5 Å². The van der Waals surface area contributed by atoms with Gasteiger partial charge in [-0.2, -0.15) is 20.8 Å². The summed E-state index contributed by atoms with van der Waals surface area (Å²) in [5.74, 6) is 0. The van der Waals surface area contributed by atoms with Crippen LogP contribution in [0.5, 0.6) is 0 Å². The molecule has 0 heterocycles. The van der Waals surface area contributed by atoms with Crippen molar-refractivity contribution >= 4 is 33.7 Å². The zero-order chi connectivity index (χ0) is 15.4. The normalized spacial score (nSPS) is 13.4. The van der Waals surface area contributed by atoms with Gasteiger partial charge in [0, 0.05) is 12.8 Å². The Kier molecular flexibility index (Phi) is 10.5. The highest BCUT2D eigenvalue weighted by molar-refractivity contribution is 6.63. The first-order valence-corrected chi connectivity index (χ1v) is 6.81. The number of halogens is 2. The van der Waals surface area contributed by atoms with Crippen LogP contribution in [0.3, 0.4) is 0 Å². The van der Waals surface area contributed by atoms with E-state index in [9.17, 15) is 9.59 Å². The molecule has 0 bridgehead atoms. The zero-order valence-electron chi connectivity index (χ0n) is 10.8. The van der Waals surface area contributed by atoms with Gasteiger partial charge in [0.2, 0.25) is 10.5 Å². The fourth-order valence-corrected chi connectivity index (χ4v) is 1.59. The van der Waals surface area contributed by atoms with Crippen molar-refractivity contribution in [2.75, 3.05) is 0 Å². The largest absolute Gasteiger partial charge is 0.281 e. The van der Waals surface area contributed by atoms with Gasteiger partial charge in [0.15, 0.2) is 12.1 Å². The van der Waals surface area contributed by atoms with Gasteiger partial charge in [-0.3, -0.25) is 9.59 Å². The highest BCUT2D eigenvalue weighted by atomic mass is 35.5. The van der Waals surface area contributed by atoms with Crippen LogP contribution in [0, 0.1) is 22.7 Å². The van der Waals surface area contributed by atoms with Crippen LogP contribution >= 0.6 is 23.2 Å². The number of carbonyl (C=O) groups is 2.